The molecular weight excluding hydrogens is 430 g/mol. The molecule has 1 saturated carbocycles. The van der Waals surface area contributed by atoms with Crippen molar-refractivity contribution in [3.8, 4) is 0 Å². The van der Waals surface area contributed by atoms with Crippen LogP contribution in [0.25, 0.3) is 0 Å². The Bertz CT molecular complexity index is 569. The molecule has 0 saturated heterocycles. The van der Waals surface area contributed by atoms with Crippen LogP contribution in [-0.2, 0) is 28.3 Å². The van der Waals surface area contributed by atoms with Gasteiger partial charge in [0.1, 0.15) is 6.10 Å². The molecule has 190 valence electrons. The highest BCUT2D eigenvalue weighted by Crippen LogP contribution is 2.28. The highest BCUT2D eigenvalue weighted by Gasteiger charge is 2.27. The van der Waals surface area contributed by atoms with Gasteiger partial charge in [-0.25, -0.2) is 4.18 Å². The van der Waals surface area contributed by atoms with Crippen LogP contribution in [0.3, 0.4) is 0 Å². The molecule has 3 unspecified atom stereocenters. The first-order chi connectivity index (χ1) is 15.5. The average molecular weight is 478 g/mol. The minimum Gasteiger partial charge on any atom is -0.379 e. The summed E-state index contributed by atoms with van der Waals surface area (Å²) in [7, 11) is -4.26. The first-order valence-corrected chi connectivity index (χ1v) is 14.0. The Hall–Kier alpha value is -0.510. The van der Waals surface area contributed by atoms with Crippen molar-refractivity contribution < 1.29 is 26.4 Å². The number of allylic oxidation sites excluding steroid dienone is 1. The number of hydrogen-bond donors (Lipinski definition) is 1. The van der Waals surface area contributed by atoms with Gasteiger partial charge in [0.2, 0.25) is 0 Å². The van der Waals surface area contributed by atoms with E-state index >= 15 is 0 Å². The van der Waals surface area contributed by atoms with Gasteiger partial charge >= 0.3 is 10.4 Å². The van der Waals surface area contributed by atoms with Gasteiger partial charge in [0.05, 0.1) is 19.3 Å². The Morgan fingerprint density at radius 1 is 0.938 bits per heavy atom. The minimum atomic E-state index is -4.26. The predicted octanol–water partition coefficient (Wildman–Crippen LogP) is 5.60. The zero-order valence-corrected chi connectivity index (χ0v) is 21.2. The third kappa shape index (κ3) is 14.6. The van der Waals surface area contributed by atoms with E-state index in [-0.39, 0.29) is 19.3 Å². The molecule has 0 aliphatic heterocycles. The van der Waals surface area contributed by atoms with Crippen molar-refractivity contribution in [1.82, 2.24) is 0 Å². The second kappa shape index (κ2) is 18.9. The van der Waals surface area contributed by atoms with Crippen molar-refractivity contribution in [2.75, 3.05) is 19.8 Å². The second-order valence-corrected chi connectivity index (χ2v) is 10.0. The summed E-state index contributed by atoms with van der Waals surface area (Å²) in [5.74, 6) is 5.17. The minimum absolute atomic E-state index is 0.0644. The summed E-state index contributed by atoms with van der Waals surface area (Å²) in [4.78, 5) is 0. The van der Waals surface area contributed by atoms with E-state index < -0.39 is 16.5 Å². The molecular formula is C24H47NO6S. The normalized spacial score (nSPS) is 20.7. The maximum absolute atomic E-state index is 11.7. The fraction of sp³-hybridized carbons (Fsp3) is 0.917. The summed E-state index contributed by atoms with van der Waals surface area (Å²) in [5.41, 5.74) is 0. The molecule has 0 heterocycles. The number of nitrogens with two attached hydrogens (primary N) is 1. The second-order valence-electron chi connectivity index (χ2n) is 8.83. The highest BCUT2D eigenvalue weighted by atomic mass is 32.3. The van der Waals surface area contributed by atoms with Crippen molar-refractivity contribution >= 4 is 10.4 Å². The zero-order chi connectivity index (χ0) is 23.5. The largest absolute Gasteiger partial charge is 0.416 e. The first-order valence-electron chi connectivity index (χ1n) is 12.7. The summed E-state index contributed by atoms with van der Waals surface area (Å²) >= 11 is 0. The van der Waals surface area contributed by atoms with Crippen LogP contribution in [0.5, 0.6) is 0 Å². The summed E-state index contributed by atoms with van der Waals surface area (Å²) < 4.78 is 44.0. The third-order valence-corrected chi connectivity index (χ3v) is 6.75. The fourth-order valence-electron chi connectivity index (χ4n) is 4.23. The van der Waals surface area contributed by atoms with Gasteiger partial charge in [0.25, 0.3) is 0 Å². The molecule has 0 aromatic carbocycles. The molecule has 2 N–H and O–H groups in total. The number of ether oxygens (including phenoxy) is 2. The molecule has 32 heavy (non-hydrogen) atoms. The smallest absolute Gasteiger partial charge is 0.379 e. The van der Waals surface area contributed by atoms with E-state index in [4.69, 9.17) is 19.6 Å². The number of hydrogen-bond acceptors (Lipinski definition) is 7. The van der Waals surface area contributed by atoms with Crippen LogP contribution in [-0.4, -0.2) is 40.4 Å². The van der Waals surface area contributed by atoms with Crippen LogP contribution in [0.2, 0.25) is 0 Å². The van der Waals surface area contributed by atoms with Crippen molar-refractivity contribution in [2.24, 2.45) is 11.8 Å². The van der Waals surface area contributed by atoms with Crippen molar-refractivity contribution in [3.05, 3.63) is 12.2 Å². The molecule has 0 aromatic heterocycles. The van der Waals surface area contributed by atoms with Gasteiger partial charge in [-0.1, -0.05) is 89.7 Å². The zero-order valence-electron chi connectivity index (χ0n) is 20.3. The molecule has 0 radical (unpaired) electrons. The molecule has 1 fully saturated rings. The van der Waals surface area contributed by atoms with Gasteiger partial charge in [-0.2, -0.15) is 18.6 Å². The van der Waals surface area contributed by atoms with Gasteiger partial charge in [-0.05, 0) is 26.2 Å². The van der Waals surface area contributed by atoms with Crippen molar-refractivity contribution in [2.45, 2.75) is 116 Å². The molecule has 3 atom stereocenters. The molecule has 0 aromatic rings. The van der Waals surface area contributed by atoms with Crippen molar-refractivity contribution in [3.63, 3.8) is 0 Å². The van der Waals surface area contributed by atoms with Gasteiger partial charge in [-0.3, -0.25) is 0 Å². The van der Waals surface area contributed by atoms with E-state index in [1.807, 2.05) is 13.0 Å². The summed E-state index contributed by atoms with van der Waals surface area (Å²) in [6, 6.07) is 0. The van der Waals surface area contributed by atoms with Crippen LogP contribution >= 0.6 is 0 Å². The lowest BCUT2D eigenvalue weighted by Crippen LogP contribution is -2.35. The van der Waals surface area contributed by atoms with Crippen molar-refractivity contribution in [1.29, 1.82) is 0 Å². The van der Waals surface area contributed by atoms with E-state index in [0.29, 0.717) is 12.5 Å². The molecule has 0 spiro atoms. The predicted molar refractivity (Wildman–Crippen MR) is 128 cm³/mol. The maximum Gasteiger partial charge on any atom is 0.416 e. The van der Waals surface area contributed by atoms with Crippen LogP contribution in [0.15, 0.2) is 12.2 Å². The first kappa shape index (κ1) is 29.5. The van der Waals surface area contributed by atoms with Gasteiger partial charge in [-0.15, -0.1) is 0 Å². The summed E-state index contributed by atoms with van der Waals surface area (Å²) in [5, 5.41) is 0. The van der Waals surface area contributed by atoms with Gasteiger partial charge < -0.3 is 9.47 Å². The van der Waals surface area contributed by atoms with Gasteiger partial charge in [0.15, 0.2) is 0 Å². The maximum atomic E-state index is 11.7. The topological polar surface area (TPSA) is 97.1 Å². The SMILES string of the molecule is CC=CC1CCCCC1OCC(COCCCCCCCCCCCC)OS(=O)(=O)ON. The highest BCUT2D eigenvalue weighted by molar-refractivity contribution is 7.81. The molecule has 0 bridgehead atoms. The van der Waals surface area contributed by atoms with E-state index in [0.717, 1.165) is 32.1 Å². The van der Waals surface area contributed by atoms with Crippen LogP contribution < -0.4 is 5.90 Å². The Morgan fingerprint density at radius 3 is 2.19 bits per heavy atom. The third-order valence-electron chi connectivity index (χ3n) is 6.01. The molecule has 1 rings (SSSR count). The molecule has 1 aliphatic rings. The van der Waals surface area contributed by atoms with Crippen LogP contribution in [0, 0.1) is 5.92 Å². The van der Waals surface area contributed by atoms with Crippen LogP contribution in [0.4, 0.5) is 0 Å². The average Bonchev–Trinajstić information content (AvgIpc) is 2.79. The lowest BCUT2D eigenvalue weighted by atomic mass is 9.86. The fourth-order valence-corrected chi connectivity index (χ4v) is 4.72. The molecule has 7 nitrogen and oxygen atoms in total. The lowest BCUT2D eigenvalue weighted by Gasteiger charge is -2.30. The van der Waals surface area contributed by atoms with Crippen LogP contribution in [0.1, 0.15) is 104 Å². The van der Waals surface area contributed by atoms with Gasteiger partial charge in [0, 0.05) is 12.5 Å². The lowest BCUT2D eigenvalue weighted by molar-refractivity contribution is -0.0576. The quantitative estimate of drug-likeness (QED) is 0.138. The van der Waals surface area contributed by atoms with E-state index in [1.54, 1.807) is 0 Å². The molecule has 0 amide bonds. The summed E-state index contributed by atoms with van der Waals surface area (Å²) in [6.07, 6.45) is 20.4. The monoisotopic (exact) mass is 477 g/mol. The van der Waals surface area contributed by atoms with E-state index in [9.17, 15) is 8.42 Å². The Kier molecular flexibility index (Phi) is 17.4. The molecule has 1 aliphatic carbocycles. The summed E-state index contributed by atoms with van der Waals surface area (Å²) in [6.45, 7) is 5.07. The number of unbranched alkanes of at least 4 members (excludes halogenated alkanes) is 9. The van der Waals surface area contributed by atoms with E-state index in [1.165, 1.54) is 57.8 Å². The Labute approximate surface area is 196 Å². The Morgan fingerprint density at radius 2 is 1.56 bits per heavy atom. The standard InChI is InChI=1S/C24H47NO6S/c1-3-5-6-7-8-9-10-11-12-15-19-28-20-23(30-32(26,27)31-25)21-29-24-18-14-13-17-22(24)16-4-2/h4,16,22-24H,3,5-15,17-21,25H2,1-2H3. The Balaban J connectivity index is 2.26. The van der Waals surface area contributed by atoms with E-state index in [2.05, 4.69) is 17.3 Å². The molecule has 8 heteroatoms. The number of rotatable bonds is 20.